The van der Waals surface area contributed by atoms with Gasteiger partial charge in [0, 0.05) is 13.3 Å². The molecule has 2 fully saturated rings. The van der Waals surface area contributed by atoms with Gasteiger partial charge in [0.1, 0.15) is 17.8 Å². The molecule has 3 aliphatic heterocycles. The van der Waals surface area contributed by atoms with Gasteiger partial charge in [0.2, 0.25) is 5.91 Å². The van der Waals surface area contributed by atoms with Crippen molar-refractivity contribution in [1.29, 1.82) is 0 Å². The number of nitrogens with zero attached hydrogens (tertiary/aromatic N) is 1. The van der Waals surface area contributed by atoms with Crippen LogP contribution >= 0.6 is 0 Å². The predicted molar refractivity (Wildman–Crippen MR) is 133 cm³/mol. The minimum Gasteiger partial charge on any atom is -0.414 e. The van der Waals surface area contributed by atoms with Crippen molar-refractivity contribution in [2.24, 2.45) is 0 Å². The maximum absolute atomic E-state index is 12.8. The number of methoxy groups -OCH3 is 1. The van der Waals surface area contributed by atoms with Gasteiger partial charge in [-0.2, -0.15) is 0 Å². The zero-order chi connectivity index (χ0) is 25.6. The summed E-state index contributed by atoms with van der Waals surface area (Å²) < 4.78 is 33.8. The van der Waals surface area contributed by atoms with Crippen LogP contribution in [-0.2, 0) is 32.0 Å². The molecular formula is C24H43NO7Si2. The quantitative estimate of drug-likeness (QED) is 0.385. The number of carbonyl (C=O) groups is 2. The van der Waals surface area contributed by atoms with Crippen molar-refractivity contribution in [2.75, 3.05) is 13.7 Å². The SMILES string of the molecule is CO[C@]1(C)[C@@H]2O[Si](C(C)C)(C(C)C)O[Si](C(C)C)(C(C)C)OC[C@H]2O[C@H]1N1C=CC(=O)CC1=O. The Morgan fingerprint density at radius 3 is 2.03 bits per heavy atom. The summed E-state index contributed by atoms with van der Waals surface area (Å²) in [5, 5.41) is 0. The van der Waals surface area contributed by atoms with E-state index >= 15 is 0 Å². The monoisotopic (exact) mass is 513 g/mol. The lowest BCUT2D eigenvalue weighted by Gasteiger charge is -2.52. The minimum atomic E-state index is -2.88. The lowest BCUT2D eigenvalue weighted by molar-refractivity contribution is -0.163. The van der Waals surface area contributed by atoms with Gasteiger partial charge >= 0.3 is 17.1 Å². The van der Waals surface area contributed by atoms with E-state index in [-0.39, 0.29) is 40.3 Å². The third-order valence-corrected chi connectivity index (χ3v) is 18.0. The first kappa shape index (κ1) is 27.7. The zero-order valence-electron chi connectivity index (χ0n) is 22.4. The average Bonchev–Trinajstić information content (AvgIpc) is 2.98. The standard InChI is InChI=1S/C24H43NO7Si2/c1-15(2)33(16(3)4)29-14-20-22(31-34(32-33,17(5)6)18(7)8)24(9,28-10)23(30-20)25-12-11-19(26)13-21(25)27/h11-12,15-18,20,22-23H,13-14H2,1-10H3/t20-,22-,23-,24-/m1/s1. The van der Waals surface area contributed by atoms with E-state index in [2.05, 4.69) is 55.4 Å². The van der Waals surface area contributed by atoms with Gasteiger partial charge in [-0.1, -0.05) is 55.4 Å². The van der Waals surface area contributed by atoms with Gasteiger partial charge in [-0.3, -0.25) is 14.5 Å². The fourth-order valence-electron chi connectivity index (χ4n) is 5.64. The largest absolute Gasteiger partial charge is 0.414 e. The van der Waals surface area contributed by atoms with Crippen molar-refractivity contribution >= 4 is 28.8 Å². The molecule has 0 aromatic carbocycles. The Hall–Kier alpha value is -0.886. The second kappa shape index (κ2) is 9.87. The fourth-order valence-corrected chi connectivity index (χ4v) is 16.9. The third kappa shape index (κ3) is 4.40. The van der Waals surface area contributed by atoms with Crippen LogP contribution in [0.25, 0.3) is 0 Å². The van der Waals surface area contributed by atoms with Gasteiger partial charge in [-0.05, 0) is 35.2 Å². The first-order valence-electron chi connectivity index (χ1n) is 12.5. The minimum absolute atomic E-state index is 0.161. The molecule has 0 N–H and O–H groups in total. The number of ether oxygens (including phenoxy) is 2. The number of hydrogen-bond donors (Lipinski definition) is 0. The molecule has 10 heteroatoms. The molecule has 0 unspecified atom stereocenters. The van der Waals surface area contributed by atoms with Gasteiger partial charge < -0.3 is 22.4 Å². The van der Waals surface area contributed by atoms with E-state index < -0.39 is 41.2 Å². The Balaban J connectivity index is 2.12. The molecule has 34 heavy (non-hydrogen) atoms. The van der Waals surface area contributed by atoms with Crippen molar-refractivity contribution in [3.63, 3.8) is 0 Å². The van der Waals surface area contributed by atoms with E-state index in [0.717, 1.165) is 0 Å². The highest BCUT2D eigenvalue weighted by Crippen LogP contribution is 2.50. The number of ketones is 1. The van der Waals surface area contributed by atoms with Crippen molar-refractivity contribution < 1.29 is 32.0 Å². The predicted octanol–water partition coefficient (Wildman–Crippen LogP) is 4.39. The summed E-state index contributed by atoms with van der Waals surface area (Å²) in [7, 11) is -3.97. The average molecular weight is 514 g/mol. The molecular weight excluding hydrogens is 470 g/mol. The Morgan fingerprint density at radius 1 is 1.00 bits per heavy atom. The third-order valence-electron chi connectivity index (χ3n) is 7.75. The van der Waals surface area contributed by atoms with Crippen LogP contribution in [0, 0.1) is 0 Å². The van der Waals surface area contributed by atoms with E-state index in [1.54, 1.807) is 7.11 Å². The number of hydrogen-bond acceptors (Lipinski definition) is 7. The highest BCUT2D eigenvalue weighted by atomic mass is 28.5. The Kier molecular flexibility index (Phi) is 8.04. The van der Waals surface area contributed by atoms with Gasteiger partial charge in [0.25, 0.3) is 0 Å². The molecule has 0 radical (unpaired) electrons. The molecule has 0 bridgehead atoms. The molecule has 0 saturated carbocycles. The van der Waals surface area contributed by atoms with Crippen LogP contribution in [0.2, 0.25) is 22.2 Å². The van der Waals surface area contributed by atoms with Crippen molar-refractivity contribution in [3.8, 4) is 0 Å². The Morgan fingerprint density at radius 2 is 1.56 bits per heavy atom. The van der Waals surface area contributed by atoms with Gasteiger partial charge in [-0.25, -0.2) is 0 Å². The molecule has 8 nitrogen and oxygen atoms in total. The second-order valence-corrected chi connectivity index (χ2v) is 20.0. The molecule has 1 amide bonds. The second-order valence-electron chi connectivity index (χ2n) is 11.2. The summed E-state index contributed by atoms with van der Waals surface area (Å²) in [6.07, 6.45) is 1.06. The first-order valence-corrected chi connectivity index (χ1v) is 16.4. The van der Waals surface area contributed by atoms with Crippen LogP contribution in [0.5, 0.6) is 0 Å². The highest BCUT2D eigenvalue weighted by Gasteiger charge is 2.65. The summed E-state index contributed by atoms with van der Waals surface area (Å²) in [6, 6.07) is 0. The molecule has 2 saturated heterocycles. The van der Waals surface area contributed by atoms with E-state index in [0.29, 0.717) is 6.61 Å². The Bertz CT molecular complexity index is 799. The zero-order valence-corrected chi connectivity index (χ0v) is 24.4. The van der Waals surface area contributed by atoms with Crippen LogP contribution < -0.4 is 0 Å². The number of carbonyl (C=O) groups excluding carboxylic acids is 2. The maximum atomic E-state index is 12.8. The van der Waals surface area contributed by atoms with Crippen LogP contribution in [0.4, 0.5) is 0 Å². The van der Waals surface area contributed by atoms with Crippen molar-refractivity contribution in [3.05, 3.63) is 12.3 Å². The number of allylic oxidation sites excluding steroid dienone is 1. The number of amides is 1. The van der Waals surface area contributed by atoms with E-state index in [1.807, 2.05) is 6.92 Å². The van der Waals surface area contributed by atoms with Crippen molar-refractivity contribution in [1.82, 2.24) is 4.90 Å². The molecule has 4 atom stereocenters. The molecule has 0 spiro atoms. The molecule has 0 aliphatic carbocycles. The smallest absolute Gasteiger partial charge is 0.335 e. The summed E-state index contributed by atoms with van der Waals surface area (Å²) >= 11 is 0. The lowest BCUT2D eigenvalue weighted by atomic mass is 9.95. The molecule has 0 aromatic heterocycles. The van der Waals surface area contributed by atoms with Crippen LogP contribution in [0.15, 0.2) is 12.3 Å². The van der Waals surface area contributed by atoms with Gasteiger partial charge in [0.05, 0.1) is 13.0 Å². The number of rotatable bonds is 6. The van der Waals surface area contributed by atoms with Crippen LogP contribution in [-0.4, -0.2) is 71.5 Å². The topological polar surface area (TPSA) is 83.5 Å². The molecule has 0 aromatic rings. The van der Waals surface area contributed by atoms with Gasteiger partial charge in [-0.15, -0.1) is 0 Å². The van der Waals surface area contributed by atoms with E-state index in [4.69, 9.17) is 22.4 Å². The summed E-state index contributed by atoms with van der Waals surface area (Å²) in [5.41, 5.74) is -0.208. The Labute approximate surface area is 206 Å². The molecule has 194 valence electrons. The fraction of sp³-hybridized carbons (Fsp3) is 0.833. The maximum Gasteiger partial charge on any atom is 0.335 e. The number of fused-ring (bicyclic) bond motifs is 1. The normalized spacial score (nSPS) is 33.7. The first-order chi connectivity index (χ1) is 15.7. The highest BCUT2D eigenvalue weighted by molar-refractivity contribution is 6.84. The van der Waals surface area contributed by atoms with Gasteiger partial charge in [0.15, 0.2) is 12.0 Å². The lowest BCUT2D eigenvalue weighted by Crippen LogP contribution is -2.67. The van der Waals surface area contributed by atoms with E-state index in [9.17, 15) is 9.59 Å². The van der Waals surface area contributed by atoms with E-state index in [1.165, 1.54) is 17.2 Å². The van der Waals surface area contributed by atoms with Crippen LogP contribution in [0.1, 0.15) is 68.7 Å². The molecule has 3 heterocycles. The summed E-state index contributed by atoms with van der Waals surface area (Å²) in [5.74, 6) is -0.524. The molecule has 3 rings (SSSR count). The molecule has 3 aliphatic rings. The summed E-state index contributed by atoms with van der Waals surface area (Å²) in [6.45, 7) is 19.6. The van der Waals surface area contributed by atoms with Crippen molar-refractivity contribution in [2.45, 2.75) is 115 Å². The summed E-state index contributed by atoms with van der Waals surface area (Å²) in [4.78, 5) is 26.1. The van der Waals surface area contributed by atoms with Crippen LogP contribution in [0.3, 0.4) is 0 Å².